The highest BCUT2D eigenvalue weighted by Gasteiger charge is 2.25. The first-order valence-corrected chi connectivity index (χ1v) is 7.98. The number of halogens is 2. The van der Waals surface area contributed by atoms with Crippen molar-refractivity contribution in [2.45, 2.75) is 45.1 Å². The lowest BCUT2D eigenvalue weighted by Crippen LogP contribution is -2.35. The predicted molar refractivity (Wildman–Crippen MR) is 83.3 cm³/mol. The fourth-order valence-electron chi connectivity index (χ4n) is 3.04. The van der Waals surface area contributed by atoms with E-state index < -0.39 is 0 Å². The Balaban J connectivity index is 2.16. The van der Waals surface area contributed by atoms with Crippen LogP contribution < -0.4 is 4.90 Å². The SMILES string of the molecule is CCC1CCC(N(C)c2ccc(C#N)c(Br)c2F)CC1. The fraction of sp³-hybridized carbons (Fsp3) is 0.562. The highest BCUT2D eigenvalue weighted by atomic mass is 79.9. The third-order valence-corrected chi connectivity index (χ3v) is 5.28. The van der Waals surface area contributed by atoms with Gasteiger partial charge >= 0.3 is 0 Å². The molecule has 0 bridgehead atoms. The van der Waals surface area contributed by atoms with Gasteiger partial charge in [0, 0.05) is 13.1 Å². The summed E-state index contributed by atoms with van der Waals surface area (Å²) in [5, 5.41) is 8.92. The van der Waals surface area contributed by atoms with Crippen LogP contribution in [0.3, 0.4) is 0 Å². The van der Waals surface area contributed by atoms with E-state index in [1.807, 2.05) is 18.0 Å². The van der Waals surface area contributed by atoms with Crippen molar-refractivity contribution in [2.24, 2.45) is 5.92 Å². The lowest BCUT2D eigenvalue weighted by atomic mass is 9.84. The van der Waals surface area contributed by atoms with Gasteiger partial charge in [-0.05, 0) is 59.7 Å². The minimum atomic E-state index is -0.329. The third-order valence-electron chi connectivity index (χ3n) is 4.50. The summed E-state index contributed by atoms with van der Waals surface area (Å²) in [6.07, 6.45) is 5.93. The fourth-order valence-corrected chi connectivity index (χ4v) is 3.46. The van der Waals surface area contributed by atoms with Crippen molar-refractivity contribution >= 4 is 21.6 Å². The topological polar surface area (TPSA) is 27.0 Å². The number of hydrogen-bond acceptors (Lipinski definition) is 2. The monoisotopic (exact) mass is 338 g/mol. The van der Waals surface area contributed by atoms with Crippen LogP contribution in [-0.4, -0.2) is 13.1 Å². The molecule has 1 saturated carbocycles. The second kappa shape index (κ2) is 6.58. The van der Waals surface area contributed by atoms with Gasteiger partial charge in [-0.15, -0.1) is 0 Å². The van der Waals surface area contributed by atoms with Crippen molar-refractivity contribution in [1.29, 1.82) is 5.26 Å². The number of benzene rings is 1. The van der Waals surface area contributed by atoms with Gasteiger partial charge < -0.3 is 4.90 Å². The molecule has 0 N–H and O–H groups in total. The first kappa shape index (κ1) is 15.3. The Labute approximate surface area is 128 Å². The van der Waals surface area contributed by atoms with Crippen LogP contribution in [0.15, 0.2) is 16.6 Å². The van der Waals surface area contributed by atoms with Crippen molar-refractivity contribution in [3.8, 4) is 6.07 Å². The average Bonchev–Trinajstić information content (AvgIpc) is 2.49. The third kappa shape index (κ3) is 2.98. The van der Waals surface area contributed by atoms with E-state index in [1.165, 1.54) is 19.3 Å². The van der Waals surface area contributed by atoms with Gasteiger partial charge in [-0.1, -0.05) is 13.3 Å². The van der Waals surface area contributed by atoms with E-state index >= 15 is 0 Å². The molecule has 0 aromatic heterocycles. The van der Waals surface area contributed by atoms with Gasteiger partial charge in [0.15, 0.2) is 5.82 Å². The van der Waals surface area contributed by atoms with E-state index in [0.717, 1.165) is 18.8 Å². The quantitative estimate of drug-likeness (QED) is 0.786. The zero-order chi connectivity index (χ0) is 14.7. The molecule has 0 saturated heterocycles. The van der Waals surface area contributed by atoms with Crippen molar-refractivity contribution in [1.82, 2.24) is 0 Å². The summed E-state index contributed by atoms with van der Waals surface area (Å²) in [7, 11) is 1.95. The number of anilines is 1. The van der Waals surface area contributed by atoms with Crippen LogP contribution in [0.2, 0.25) is 0 Å². The maximum atomic E-state index is 14.4. The van der Waals surface area contributed by atoms with Gasteiger partial charge in [0.25, 0.3) is 0 Å². The Kier molecular flexibility index (Phi) is 5.04. The van der Waals surface area contributed by atoms with Crippen molar-refractivity contribution < 1.29 is 4.39 Å². The van der Waals surface area contributed by atoms with Crippen LogP contribution >= 0.6 is 15.9 Å². The smallest absolute Gasteiger partial charge is 0.161 e. The molecular formula is C16H20BrFN2. The van der Waals surface area contributed by atoms with E-state index in [1.54, 1.807) is 12.1 Å². The van der Waals surface area contributed by atoms with Crippen LogP contribution in [0.1, 0.15) is 44.6 Å². The summed E-state index contributed by atoms with van der Waals surface area (Å²) in [6, 6.07) is 5.78. The summed E-state index contributed by atoms with van der Waals surface area (Å²) in [5.74, 6) is 0.501. The van der Waals surface area contributed by atoms with Gasteiger partial charge in [-0.25, -0.2) is 4.39 Å². The molecule has 0 atom stereocenters. The zero-order valence-electron chi connectivity index (χ0n) is 12.0. The number of nitrogens with zero attached hydrogens (tertiary/aromatic N) is 2. The van der Waals surface area contributed by atoms with Crippen molar-refractivity contribution in [3.63, 3.8) is 0 Å². The van der Waals surface area contributed by atoms with E-state index in [2.05, 4.69) is 22.9 Å². The van der Waals surface area contributed by atoms with Gasteiger partial charge in [-0.3, -0.25) is 0 Å². The maximum absolute atomic E-state index is 14.4. The van der Waals surface area contributed by atoms with Crippen LogP contribution in [-0.2, 0) is 0 Å². The summed E-state index contributed by atoms with van der Waals surface area (Å²) in [6.45, 7) is 2.24. The molecule has 0 heterocycles. The Morgan fingerprint density at radius 1 is 1.35 bits per heavy atom. The van der Waals surface area contributed by atoms with Crippen LogP contribution in [0.5, 0.6) is 0 Å². The number of nitriles is 1. The van der Waals surface area contributed by atoms with Crippen LogP contribution in [0.4, 0.5) is 10.1 Å². The first-order valence-electron chi connectivity index (χ1n) is 7.19. The van der Waals surface area contributed by atoms with Crippen molar-refractivity contribution in [3.05, 3.63) is 28.0 Å². The number of rotatable bonds is 3. The van der Waals surface area contributed by atoms with E-state index in [9.17, 15) is 4.39 Å². The molecule has 2 nitrogen and oxygen atoms in total. The minimum absolute atomic E-state index is 0.270. The summed E-state index contributed by atoms with van der Waals surface area (Å²) in [5.41, 5.74) is 0.921. The maximum Gasteiger partial charge on any atom is 0.161 e. The second-order valence-electron chi connectivity index (χ2n) is 5.57. The molecule has 0 amide bonds. The van der Waals surface area contributed by atoms with E-state index in [-0.39, 0.29) is 10.3 Å². The van der Waals surface area contributed by atoms with Gasteiger partial charge in [0.05, 0.1) is 15.7 Å². The van der Waals surface area contributed by atoms with Gasteiger partial charge in [0.2, 0.25) is 0 Å². The molecule has 108 valence electrons. The average molecular weight is 339 g/mol. The Hall–Kier alpha value is -1.08. The zero-order valence-corrected chi connectivity index (χ0v) is 13.6. The molecule has 4 heteroatoms. The molecule has 0 aliphatic heterocycles. The first-order chi connectivity index (χ1) is 9.58. The molecule has 1 aliphatic rings. The minimum Gasteiger partial charge on any atom is -0.369 e. The molecule has 0 spiro atoms. The molecule has 1 aliphatic carbocycles. The van der Waals surface area contributed by atoms with Crippen LogP contribution in [0.25, 0.3) is 0 Å². The molecule has 1 aromatic carbocycles. The molecule has 0 unspecified atom stereocenters. The largest absolute Gasteiger partial charge is 0.369 e. The molecule has 2 rings (SSSR count). The molecule has 0 radical (unpaired) electrons. The standard InChI is InChI=1S/C16H20BrFN2/c1-3-11-4-7-13(8-5-11)20(2)14-9-6-12(10-19)15(17)16(14)18/h6,9,11,13H,3-5,7-8H2,1-2H3. The predicted octanol–water partition coefficient (Wildman–Crippen LogP) is 4.86. The molecular weight excluding hydrogens is 319 g/mol. The number of hydrogen-bond donors (Lipinski definition) is 0. The molecule has 1 aromatic rings. The van der Waals surface area contributed by atoms with E-state index in [4.69, 9.17) is 5.26 Å². The Morgan fingerprint density at radius 2 is 2.00 bits per heavy atom. The van der Waals surface area contributed by atoms with Gasteiger partial charge in [-0.2, -0.15) is 5.26 Å². The van der Waals surface area contributed by atoms with Gasteiger partial charge in [0.1, 0.15) is 6.07 Å². The summed E-state index contributed by atoms with van der Waals surface area (Å²) in [4.78, 5) is 2.03. The lowest BCUT2D eigenvalue weighted by molar-refractivity contribution is 0.312. The molecule has 1 fully saturated rings. The summed E-state index contributed by atoms with van der Waals surface area (Å²) >= 11 is 3.18. The van der Waals surface area contributed by atoms with E-state index in [0.29, 0.717) is 17.3 Å². The summed E-state index contributed by atoms with van der Waals surface area (Å²) < 4.78 is 14.6. The Morgan fingerprint density at radius 3 is 2.55 bits per heavy atom. The van der Waals surface area contributed by atoms with Crippen LogP contribution in [0, 0.1) is 23.1 Å². The highest BCUT2D eigenvalue weighted by molar-refractivity contribution is 9.10. The lowest BCUT2D eigenvalue weighted by Gasteiger charge is -2.36. The molecule has 20 heavy (non-hydrogen) atoms. The highest BCUT2D eigenvalue weighted by Crippen LogP contribution is 2.34. The van der Waals surface area contributed by atoms with Crippen molar-refractivity contribution in [2.75, 3.05) is 11.9 Å². The Bertz CT molecular complexity index is 516. The normalized spacial score (nSPS) is 22.4. The second-order valence-corrected chi connectivity index (χ2v) is 6.36.